The number of hydrogen-bond donors (Lipinski definition) is 2. The number of nitrogens with one attached hydrogen (secondary N) is 2. The Morgan fingerprint density at radius 1 is 1.44 bits per heavy atom. The van der Waals surface area contributed by atoms with Crippen molar-refractivity contribution < 1.29 is 4.79 Å². The number of hydrogen-bond acceptors (Lipinski definition) is 2. The first-order chi connectivity index (χ1) is 8.25. The summed E-state index contributed by atoms with van der Waals surface area (Å²) >= 11 is 0. The first kappa shape index (κ1) is 15.0. The fourth-order valence-corrected chi connectivity index (χ4v) is 2.24. The highest BCUT2D eigenvalue weighted by molar-refractivity contribution is 5.85. The van der Waals surface area contributed by atoms with Crippen molar-refractivity contribution >= 4 is 18.3 Å². The van der Waals surface area contributed by atoms with E-state index in [1.165, 1.54) is 5.56 Å². The van der Waals surface area contributed by atoms with Crippen LogP contribution in [0.2, 0.25) is 0 Å². The first-order valence-corrected chi connectivity index (χ1v) is 6.30. The van der Waals surface area contributed by atoms with Gasteiger partial charge in [-0.2, -0.15) is 0 Å². The normalized spacial score (nSPS) is 19.9. The van der Waals surface area contributed by atoms with Crippen LogP contribution in [0.3, 0.4) is 0 Å². The van der Waals surface area contributed by atoms with E-state index in [1.54, 1.807) is 0 Å². The van der Waals surface area contributed by atoms with Crippen LogP contribution >= 0.6 is 12.4 Å². The van der Waals surface area contributed by atoms with Crippen LogP contribution in [0, 0.1) is 0 Å². The average Bonchev–Trinajstić information content (AvgIpc) is 2.82. The van der Waals surface area contributed by atoms with Crippen molar-refractivity contribution in [1.82, 2.24) is 10.6 Å². The second kappa shape index (κ2) is 7.39. The second-order valence-electron chi connectivity index (χ2n) is 4.77. The molecule has 2 rings (SSSR count). The Kier molecular flexibility index (Phi) is 6.16. The van der Waals surface area contributed by atoms with Gasteiger partial charge in [-0.3, -0.25) is 4.79 Å². The van der Waals surface area contributed by atoms with Crippen molar-refractivity contribution in [3.63, 3.8) is 0 Å². The molecule has 1 fully saturated rings. The Morgan fingerprint density at radius 2 is 2.17 bits per heavy atom. The Balaban J connectivity index is 0.00000162. The van der Waals surface area contributed by atoms with Gasteiger partial charge in [-0.1, -0.05) is 37.3 Å². The minimum absolute atomic E-state index is 0. The van der Waals surface area contributed by atoms with Crippen molar-refractivity contribution in [3.8, 4) is 0 Å². The van der Waals surface area contributed by atoms with Crippen molar-refractivity contribution in [2.24, 2.45) is 0 Å². The number of rotatable bonds is 4. The topological polar surface area (TPSA) is 41.1 Å². The van der Waals surface area contributed by atoms with Crippen molar-refractivity contribution in [1.29, 1.82) is 0 Å². The van der Waals surface area contributed by atoms with Gasteiger partial charge in [0.2, 0.25) is 5.91 Å². The Bertz CT molecular complexity index is 363. The number of halogens is 1. The molecule has 1 saturated heterocycles. The molecule has 0 bridgehead atoms. The summed E-state index contributed by atoms with van der Waals surface area (Å²) in [5.74, 6) is 0.445. The molecular formula is C14H21ClN2O. The van der Waals surface area contributed by atoms with E-state index in [2.05, 4.69) is 29.7 Å². The van der Waals surface area contributed by atoms with E-state index in [0.29, 0.717) is 12.5 Å². The zero-order chi connectivity index (χ0) is 12.1. The highest BCUT2D eigenvalue weighted by atomic mass is 35.5. The smallest absolute Gasteiger partial charge is 0.220 e. The molecule has 0 aliphatic carbocycles. The monoisotopic (exact) mass is 268 g/mol. The third kappa shape index (κ3) is 4.31. The highest BCUT2D eigenvalue weighted by Crippen LogP contribution is 2.18. The molecule has 1 aliphatic heterocycles. The molecule has 1 aromatic carbocycles. The SMILES string of the molecule is CC(CC(=O)NC1CCNC1)c1ccccc1.Cl. The molecule has 0 aromatic heterocycles. The standard InChI is InChI=1S/C14H20N2O.ClH/c1-11(12-5-3-2-4-6-12)9-14(17)16-13-7-8-15-10-13;/h2-6,11,13,15H,7-10H2,1H3,(H,16,17);1H. The van der Waals surface area contributed by atoms with Crippen LogP contribution < -0.4 is 10.6 Å². The zero-order valence-electron chi connectivity index (χ0n) is 10.7. The van der Waals surface area contributed by atoms with Crippen LogP contribution in [-0.4, -0.2) is 25.0 Å². The quantitative estimate of drug-likeness (QED) is 0.878. The van der Waals surface area contributed by atoms with E-state index < -0.39 is 0 Å². The lowest BCUT2D eigenvalue weighted by atomic mass is 9.97. The molecule has 0 radical (unpaired) electrons. The fourth-order valence-electron chi connectivity index (χ4n) is 2.24. The van der Waals surface area contributed by atoms with Gasteiger partial charge in [0.05, 0.1) is 0 Å². The van der Waals surface area contributed by atoms with Gasteiger partial charge in [0, 0.05) is 19.0 Å². The van der Waals surface area contributed by atoms with Gasteiger partial charge in [-0.05, 0) is 24.4 Å². The van der Waals surface area contributed by atoms with Crippen molar-refractivity contribution in [3.05, 3.63) is 35.9 Å². The van der Waals surface area contributed by atoms with Gasteiger partial charge in [0.1, 0.15) is 0 Å². The van der Waals surface area contributed by atoms with Gasteiger partial charge >= 0.3 is 0 Å². The Hall–Kier alpha value is -1.06. The maximum absolute atomic E-state index is 11.8. The molecule has 3 nitrogen and oxygen atoms in total. The van der Waals surface area contributed by atoms with E-state index in [4.69, 9.17) is 0 Å². The van der Waals surface area contributed by atoms with Gasteiger partial charge in [-0.15, -0.1) is 12.4 Å². The van der Waals surface area contributed by atoms with Gasteiger partial charge < -0.3 is 10.6 Å². The molecule has 1 aliphatic rings. The summed E-state index contributed by atoms with van der Waals surface area (Å²) in [4.78, 5) is 11.8. The average molecular weight is 269 g/mol. The van der Waals surface area contributed by atoms with E-state index in [1.807, 2.05) is 18.2 Å². The minimum Gasteiger partial charge on any atom is -0.352 e. The van der Waals surface area contributed by atoms with E-state index in [0.717, 1.165) is 19.5 Å². The summed E-state index contributed by atoms with van der Waals surface area (Å²) in [7, 11) is 0. The van der Waals surface area contributed by atoms with E-state index in [9.17, 15) is 4.79 Å². The molecule has 4 heteroatoms. The Morgan fingerprint density at radius 3 is 2.78 bits per heavy atom. The van der Waals surface area contributed by atoms with Gasteiger partial charge in [0.25, 0.3) is 0 Å². The summed E-state index contributed by atoms with van der Waals surface area (Å²) < 4.78 is 0. The molecule has 1 amide bonds. The zero-order valence-corrected chi connectivity index (χ0v) is 11.5. The van der Waals surface area contributed by atoms with Crippen LogP contribution in [0.25, 0.3) is 0 Å². The van der Waals surface area contributed by atoms with Crippen LogP contribution in [0.1, 0.15) is 31.2 Å². The predicted octanol–water partition coefficient (Wildman–Crippen LogP) is 2.08. The van der Waals surface area contributed by atoms with Crippen LogP contribution in [0.15, 0.2) is 30.3 Å². The molecule has 2 N–H and O–H groups in total. The number of carbonyl (C=O) groups is 1. The lowest BCUT2D eigenvalue weighted by molar-refractivity contribution is -0.122. The summed E-state index contributed by atoms with van der Waals surface area (Å²) in [6.07, 6.45) is 1.62. The molecule has 0 spiro atoms. The largest absolute Gasteiger partial charge is 0.352 e. The van der Waals surface area contributed by atoms with Crippen LogP contribution in [0.4, 0.5) is 0 Å². The van der Waals surface area contributed by atoms with E-state index in [-0.39, 0.29) is 24.2 Å². The van der Waals surface area contributed by atoms with Crippen LogP contribution in [-0.2, 0) is 4.79 Å². The van der Waals surface area contributed by atoms with Crippen LogP contribution in [0.5, 0.6) is 0 Å². The molecule has 0 saturated carbocycles. The molecule has 18 heavy (non-hydrogen) atoms. The van der Waals surface area contributed by atoms with Crippen molar-refractivity contribution in [2.45, 2.75) is 31.7 Å². The summed E-state index contributed by atoms with van der Waals surface area (Å²) in [5.41, 5.74) is 1.23. The van der Waals surface area contributed by atoms with Gasteiger partial charge in [-0.25, -0.2) is 0 Å². The molecule has 1 aromatic rings. The number of amides is 1. The molecular weight excluding hydrogens is 248 g/mol. The van der Waals surface area contributed by atoms with Gasteiger partial charge in [0.15, 0.2) is 0 Å². The fraction of sp³-hybridized carbons (Fsp3) is 0.500. The lowest BCUT2D eigenvalue weighted by Crippen LogP contribution is -2.36. The first-order valence-electron chi connectivity index (χ1n) is 6.30. The summed E-state index contributed by atoms with van der Waals surface area (Å²) in [5, 5.41) is 6.33. The maximum Gasteiger partial charge on any atom is 0.220 e. The minimum atomic E-state index is 0. The van der Waals surface area contributed by atoms with Crippen molar-refractivity contribution in [2.75, 3.05) is 13.1 Å². The second-order valence-corrected chi connectivity index (χ2v) is 4.77. The predicted molar refractivity (Wildman–Crippen MR) is 76.1 cm³/mol. The Labute approximate surface area is 115 Å². The van der Waals surface area contributed by atoms with E-state index >= 15 is 0 Å². The third-order valence-corrected chi connectivity index (χ3v) is 3.29. The summed E-state index contributed by atoms with van der Waals surface area (Å²) in [6.45, 7) is 4.02. The third-order valence-electron chi connectivity index (χ3n) is 3.29. The highest BCUT2D eigenvalue weighted by Gasteiger charge is 2.18. The molecule has 1 heterocycles. The summed E-state index contributed by atoms with van der Waals surface area (Å²) in [6, 6.07) is 10.5. The molecule has 2 unspecified atom stereocenters. The maximum atomic E-state index is 11.8. The number of carbonyl (C=O) groups excluding carboxylic acids is 1. The molecule has 2 atom stereocenters. The lowest BCUT2D eigenvalue weighted by Gasteiger charge is -2.15. The molecule has 100 valence electrons. The number of benzene rings is 1.